The van der Waals surface area contributed by atoms with Gasteiger partial charge in [0.2, 0.25) is 0 Å². The summed E-state index contributed by atoms with van der Waals surface area (Å²) in [5.74, 6) is 0.824. The highest BCUT2D eigenvalue weighted by Gasteiger charge is 2.11. The molecule has 0 amide bonds. The zero-order chi connectivity index (χ0) is 13.0. The predicted molar refractivity (Wildman–Crippen MR) is 71.7 cm³/mol. The molecule has 18 heavy (non-hydrogen) atoms. The monoisotopic (exact) mass is 285 g/mol. The summed E-state index contributed by atoms with van der Waals surface area (Å²) in [4.78, 5) is 7.04. The molecule has 0 radical (unpaired) electrons. The van der Waals surface area contributed by atoms with Crippen molar-refractivity contribution in [3.8, 4) is 0 Å². The van der Waals surface area contributed by atoms with Crippen LogP contribution < -0.4 is 5.32 Å². The molecule has 0 aliphatic rings. The van der Waals surface area contributed by atoms with Crippen LogP contribution in [-0.2, 0) is 6.54 Å². The van der Waals surface area contributed by atoms with Crippen LogP contribution in [-0.4, -0.2) is 21.6 Å². The minimum absolute atomic E-state index is 0.391. The van der Waals surface area contributed by atoms with Crippen LogP contribution in [0.4, 0.5) is 0 Å². The fourth-order valence-electron chi connectivity index (χ4n) is 1.60. The Morgan fingerprint density at radius 3 is 2.89 bits per heavy atom. The molecule has 1 aromatic carbocycles. The van der Waals surface area contributed by atoms with Gasteiger partial charge in [0.1, 0.15) is 5.82 Å². The van der Waals surface area contributed by atoms with Gasteiger partial charge in [0.05, 0.1) is 12.6 Å². The molecule has 3 N–H and O–H groups in total. The summed E-state index contributed by atoms with van der Waals surface area (Å²) in [5, 5.41) is 14.1. The number of aromatic amines is 1. The van der Waals surface area contributed by atoms with Gasteiger partial charge in [-0.15, -0.1) is 0 Å². The largest absolute Gasteiger partial charge is 0.387 e. The molecule has 6 heteroatoms. The summed E-state index contributed by atoms with van der Waals surface area (Å²) in [5.41, 5.74) is 0.660. The molecule has 2 aromatic rings. The van der Waals surface area contributed by atoms with Crippen LogP contribution >= 0.6 is 23.2 Å². The Balaban J connectivity index is 1.89. The second-order valence-electron chi connectivity index (χ2n) is 3.85. The first-order chi connectivity index (χ1) is 8.66. The number of aliphatic hydroxyl groups excluding tert-OH is 1. The number of halogens is 2. The minimum atomic E-state index is -0.676. The Morgan fingerprint density at radius 1 is 1.39 bits per heavy atom. The van der Waals surface area contributed by atoms with Gasteiger partial charge in [-0.3, -0.25) is 0 Å². The number of nitrogens with zero attached hydrogens (tertiary/aromatic N) is 1. The van der Waals surface area contributed by atoms with Gasteiger partial charge in [-0.2, -0.15) is 0 Å². The van der Waals surface area contributed by atoms with Gasteiger partial charge in [-0.1, -0.05) is 29.3 Å². The van der Waals surface area contributed by atoms with E-state index < -0.39 is 6.10 Å². The number of nitrogens with one attached hydrogen (secondary N) is 2. The number of imidazole rings is 1. The van der Waals surface area contributed by atoms with Crippen LogP contribution in [0, 0.1) is 0 Å². The highest BCUT2D eigenvalue weighted by atomic mass is 35.5. The van der Waals surface area contributed by atoms with Gasteiger partial charge in [0.15, 0.2) is 0 Å². The number of aromatic nitrogens is 2. The quantitative estimate of drug-likeness (QED) is 0.791. The van der Waals surface area contributed by atoms with E-state index in [0.717, 1.165) is 5.82 Å². The lowest BCUT2D eigenvalue weighted by molar-refractivity contribution is 0.174. The normalized spacial score (nSPS) is 12.6. The van der Waals surface area contributed by atoms with Crippen molar-refractivity contribution in [2.24, 2.45) is 0 Å². The van der Waals surface area contributed by atoms with Crippen LogP contribution in [0.25, 0.3) is 0 Å². The van der Waals surface area contributed by atoms with Crippen LogP contribution in [0.15, 0.2) is 30.6 Å². The molecule has 0 saturated carbocycles. The third-order valence-electron chi connectivity index (χ3n) is 2.51. The van der Waals surface area contributed by atoms with E-state index in [9.17, 15) is 5.11 Å². The Labute approximate surface area is 115 Å². The van der Waals surface area contributed by atoms with Crippen molar-refractivity contribution in [1.29, 1.82) is 0 Å². The van der Waals surface area contributed by atoms with Gasteiger partial charge in [0.25, 0.3) is 0 Å². The number of hydrogen-bond acceptors (Lipinski definition) is 3. The number of rotatable bonds is 5. The summed E-state index contributed by atoms with van der Waals surface area (Å²) >= 11 is 11.8. The van der Waals surface area contributed by atoms with Crippen molar-refractivity contribution >= 4 is 23.2 Å². The molecular weight excluding hydrogens is 273 g/mol. The third-order valence-corrected chi connectivity index (χ3v) is 3.07. The zero-order valence-corrected chi connectivity index (χ0v) is 11.0. The van der Waals surface area contributed by atoms with Crippen molar-refractivity contribution in [3.63, 3.8) is 0 Å². The first kappa shape index (κ1) is 13.4. The second-order valence-corrected chi connectivity index (χ2v) is 4.69. The molecule has 0 aliphatic carbocycles. The van der Waals surface area contributed by atoms with Crippen LogP contribution in [0.5, 0.6) is 0 Å². The summed E-state index contributed by atoms with van der Waals surface area (Å²) in [6, 6.07) is 5.05. The van der Waals surface area contributed by atoms with Crippen LogP contribution in [0.1, 0.15) is 17.5 Å². The average molecular weight is 286 g/mol. The number of benzene rings is 1. The Kier molecular flexibility index (Phi) is 4.60. The number of hydrogen-bond donors (Lipinski definition) is 3. The molecule has 2 rings (SSSR count). The first-order valence-corrected chi connectivity index (χ1v) is 6.24. The lowest BCUT2D eigenvalue weighted by atomic mass is 10.1. The van der Waals surface area contributed by atoms with E-state index in [2.05, 4.69) is 15.3 Å². The molecule has 96 valence electrons. The number of aliphatic hydroxyl groups is 1. The Bertz CT molecular complexity index is 502. The highest BCUT2D eigenvalue weighted by Crippen LogP contribution is 2.25. The smallest absolute Gasteiger partial charge is 0.120 e. The molecule has 0 saturated heterocycles. The molecule has 0 fully saturated rings. The molecule has 0 bridgehead atoms. The molecule has 4 nitrogen and oxygen atoms in total. The molecule has 1 aromatic heterocycles. The van der Waals surface area contributed by atoms with E-state index in [1.807, 2.05) is 0 Å². The SMILES string of the molecule is OC(CNCc1ncc[nH]1)c1ccc(Cl)cc1Cl. The van der Waals surface area contributed by atoms with Crippen LogP contribution in [0.3, 0.4) is 0 Å². The summed E-state index contributed by atoms with van der Waals surface area (Å²) < 4.78 is 0. The fourth-order valence-corrected chi connectivity index (χ4v) is 2.14. The molecular formula is C12H13Cl2N3O. The first-order valence-electron chi connectivity index (χ1n) is 5.49. The van der Waals surface area contributed by atoms with Crippen molar-refractivity contribution in [3.05, 3.63) is 52.0 Å². The van der Waals surface area contributed by atoms with E-state index in [1.54, 1.807) is 30.6 Å². The lowest BCUT2D eigenvalue weighted by Crippen LogP contribution is -2.21. The number of H-pyrrole nitrogens is 1. The Morgan fingerprint density at radius 2 is 2.22 bits per heavy atom. The zero-order valence-electron chi connectivity index (χ0n) is 9.53. The van der Waals surface area contributed by atoms with Crippen molar-refractivity contribution in [2.45, 2.75) is 12.6 Å². The highest BCUT2D eigenvalue weighted by molar-refractivity contribution is 6.35. The maximum atomic E-state index is 10.0. The summed E-state index contributed by atoms with van der Waals surface area (Å²) in [6.07, 6.45) is 2.76. The van der Waals surface area contributed by atoms with Gasteiger partial charge < -0.3 is 15.4 Å². The lowest BCUT2D eigenvalue weighted by Gasteiger charge is -2.13. The summed E-state index contributed by atoms with van der Waals surface area (Å²) in [6.45, 7) is 0.956. The minimum Gasteiger partial charge on any atom is -0.387 e. The van der Waals surface area contributed by atoms with Crippen molar-refractivity contribution in [2.75, 3.05) is 6.54 Å². The topological polar surface area (TPSA) is 60.9 Å². The molecule has 0 aliphatic heterocycles. The third kappa shape index (κ3) is 3.46. The fraction of sp³-hybridized carbons (Fsp3) is 0.250. The molecule has 1 unspecified atom stereocenters. The van der Waals surface area contributed by atoms with E-state index in [-0.39, 0.29) is 0 Å². The predicted octanol–water partition coefficient (Wildman–Crippen LogP) is 2.54. The maximum Gasteiger partial charge on any atom is 0.120 e. The van der Waals surface area contributed by atoms with Crippen LogP contribution in [0.2, 0.25) is 10.0 Å². The van der Waals surface area contributed by atoms with Gasteiger partial charge in [0, 0.05) is 34.5 Å². The van der Waals surface area contributed by atoms with Crippen molar-refractivity contribution < 1.29 is 5.11 Å². The standard InChI is InChI=1S/C12H13Cl2N3O/c13-8-1-2-9(10(14)5-8)11(18)6-15-7-12-16-3-4-17-12/h1-5,11,15,18H,6-7H2,(H,16,17). The van der Waals surface area contributed by atoms with Gasteiger partial charge >= 0.3 is 0 Å². The van der Waals surface area contributed by atoms with E-state index >= 15 is 0 Å². The average Bonchev–Trinajstić information content (AvgIpc) is 2.81. The van der Waals surface area contributed by atoms with E-state index in [0.29, 0.717) is 28.7 Å². The molecule has 1 atom stereocenters. The molecule has 0 spiro atoms. The van der Waals surface area contributed by atoms with E-state index in [4.69, 9.17) is 23.2 Å². The van der Waals surface area contributed by atoms with Crippen molar-refractivity contribution in [1.82, 2.24) is 15.3 Å². The summed E-state index contributed by atoms with van der Waals surface area (Å²) in [7, 11) is 0. The van der Waals surface area contributed by atoms with Gasteiger partial charge in [-0.05, 0) is 12.1 Å². The van der Waals surface area contributed by atoms with E-state index in [1.165, 1.54) is 0 Å². The second kappa shape index (κ2) is 6.20. The Hall–Kier alpha value is -1.07. The molecule has 1 heterocycles. The maximum absolute atomic E-state index is 10.0. The van der Waals surface area contributed by atoms with Gasteiger partial charge in [-0.25, -0.2) is 4.98 Å².